The van der Waals surface area contributed by atoms with E-state index >= 15 is 0 Å². The van der Waals surface area contributed by atoms with Crippen LogP contribution in [0.25, 0.3) is 11.4 Å². The molecule has 2 aromatic heterocycles. The van der Waals surface area contributed by atoms with E-state index in [0.29, 0.717) is 13.0 Å². The molecule has 3 rings (SSSR count). The molecule has 0 bridgehead atoms. The number of carbonyl (C=O) groups excluding carboxylic acids is 1. The number of rotatable bonds is 6. The lowest BCUT2D eigenvalue weighted by molar-refractivity contribution is -0.130. The van der Waals surface area contributed by atoms with Gasteiger partial charge in [0.15, 0.2) is 0 Å². The number of amides is 1. The van der Waals surface area contributed by atoms with Crippen LogP contribution in [0.3, 0.4) is 0 Å². The lowest BCUT2D eigenvalue weighted by Gasteiger charge is -2.28. The van der Waals surface area contributed by atoms with Crippen LogP contribution in [-0.2, 0) is 11.2 Å². The minimum Gasteiger partial charge on any atom is -0.342 e. The molecule has 1 atom stereocenters. The van der Waals surface area contributed by atoms with Gasteiger partial charge in [-0.1, -0.05) is 0 Å². The van der Waals surface area contributed by atoms with Gasteiger partial charge < -0.3 is 15.2 Å². The Labute approximate surface area is 159 Å². The number of nitriles is 1. The Kier molecular flexibility index (Phi) is 5.57. The highest BCUT2D eigenvalue weighted by Crippen LogP contribution is 2.21. The molecule has 2 N–H and O–H groups in total. The SMILES string of the molecule is Cc1[nH]c(-c2ccncc2)nc1CC(C)(C)NCC(=O)N1CCCC1C#N. The van der Waals surface area contributed by atoms with E-state index in [0.717, 1.165) is 35.6 Å². The molecule has 0 aliphatic carbocycles. The number of imidazole rings is 1. The standard InChI is InChI=1S/C20H26N6O/c1-14-17(25-19(24-14)15-6-8-22-9-7-15)11-20(2,3)23-13-18(27)26-10-4-5-16(26)12-21/h6-9,16,23H,4-5,10-11,13H2,1-3H3,(H,24,25). The van der Waals surface area contributed by atoms with Gasteiger partial charge in [0.2, 0.25) is 5.91 Å². The fraction of sp³-hybridized carbons (Fsp3) is 0.500. The van der Waals surface area contributed by atoms with Gasteiger partial charge in [-0.25, -0.2) is 4.98 Å². The molecule has 0 radical (unpaired) electrons. The van der Waals surface area contributed by atoms with E-state index in [1.165, 1.54) is 0 Å². The number of nitrogens with zero attached hydrogens (tertiary/aromatic N) is 4. The van der Waals surface area contributed by atoms with E-state index in [1.54, 1.807) is 17.3 Å². The van der Waals surface area contributed by atoms with Crippen LogP contribution in [0.15, 0.2) is 24.5 Å². The fourth-order valence-electron chi connectivity index (χ4n) is 3.41. The second kappa shape index (κ2) is 7.89. The Morgan fingerprint density at radius 3 is 2.89 bits per heavy atom. The van der Waals surface area contributed by atoms with Crippen molar-refractivity contribution in [3.8, 4) is 17.5 Å². The van der Waals surface area contributed by atoms with Gasteiger partial charge in [0.1, 0.15) is 11.9 Å². The Morgan fingerprint density at radius 1 is 1.44 bits per heavy atom. The average Bonchev–Trinajstić information content (AvgIpc) is 3.27. The van der Waals surface area contributed by atoms with Crippen molar-refractivity contribution < 1.29 is 4.79 Å². The first-order valence-corrected chi connectivity index (χ1v) is 9.29. The van der Waals surface area contributed by atoms with E-state index in [4.69, 9.17) is 10.2 Å². The first kappa shape index (κ1) is 19.1. The van der Waals surface area contributed by atoms with E-state index in [9.17, 15) is 4.79 Å². The number of aryl methyl sites for hydroxylation is 1. The Morgan fingerprint density at radius 2 is 2.19 bits per heavy atom. The summed E-state index contributed by atoms with van der Waals surface area (Å²) in [6.45, 7) is 7.04. The summed E-state index contributed by atoms with van der Waals surface area (Å²) < 4.78 is 0. The van der Waals surface area contributed by atoms with Crippen LogP contribution >= 0.6 is 0 Å². The van der Waals surface area contributed by atoms with Gasteiger partial charge in [-0.2, -0.15) is 5.26 Å². The largest absolute Gasteiger partial charge is 0.342 e. The molecule has 1 fully saturated rings. The molecule has 3 heterocycles. The van der Waals surface area contributed by atoms with Crippen molar-refractivity contribution in [3.05, 3.63) is 35.9 Å². The highest BCUT2D eigenvalue weighted by molar-refractivity contribution is 5.79. The predicted octanol–water partition coefficient (Wildman–Crippen LogP) is 2.21. The molecule has 1 aliphatic rings. The summed E-state index contributed by atoms with van der Waals surface area (Å²) in [6.07, 6.45) is 5.86. The van der Waals surface area contributed by atoms with E-state index in [1.807, 2.05) is 19.1 Å². The molecular weight excluding hydrogens is 340 g/mol. The van der Waals surface area contributed by atoms with Crippen molar-refractivity contribution >= 4 is 5.91 Å². The number of H-pyrrole nitrogens is 1. The molecule has 0 saturated carbocycles. The lowest BCUT2D eigenvalue weighted by atomic mass is 9.97. The third-order valence-electron chi connectivity index (χ3n) is 4.99. The zero-order valence-electron chi connectivity index (χ0n) is 16.1. The number of likely N-dealkylation sites (tertiary alicyclic amines) is 1. The Balaban J connectivity index is 1.62. The quantitative estimate of drug-likeness (QED) is 0.817. The molecule has 2 aromatic rings. The minimum absolute atomic E-state index is 0.0108. The molecular formula is C20H26N6O. The maximum absolute atomic E-state index is 12.5. The van der Waals surface area contributed by atoms with E-state index in [2.05, 4.69) is 35.2 Å². The molecule has 0 aromatic carbocycles. The molecule has 142 valence electrons. The zero-order chi connectivity index (χ0) is 19.4. The third kappa shape index (κ3) is 4.52. The summed E-state index contributed by atoms with van der Waals surface area (Å²) in [6, 6.07) is 5.78. The zero-order valence-corrected chi connectivity index (χ0v) is 16.1. The normalized spacial score (nSPS) is 17.1. The topological polar surface area (TPSA) is 97.7 Å². The monoisotopic (exact) mass is 366 g/mol. The smallest absolute Gasteiger partial charge is 0.237 e. The maximum atomic E-state index is 12.5. The molecule has 1 saturated heterocycles. The van der Waals surface area contributed by atoms with Gasteiger partial charge in [0, 0.05) is 42.2 Å². The number of hydrogen-bond donors (Lipinski definition) is 2. The van der Waals surface area contributed by atoms with Crippen molar-refractivity contribution in [2.75, 3.05) is 13.1 Å². The summed E-state index contributed by atoms with van der Waals surface area (Å²) in [5, 5.41) is 12.5. The highest BCUT2D eigenvalue weighted by atomic mass is 16.2. The van der Waals surface area contributed by atoms with Gasteiger partial charge in [0.25, 0.3) is 0 Å². The second-order valence-corrected chi connectivity index (χ2v) is 7.68. The molecule has 0 spiro atoms. The maximum Gasteiger partial charge on any atom is 0.237 e. The molecule has 7 nitrogen and oxygen atoms in total. The summed E-state index contributed by atoms with van der Waals surface area (Å²) in [7, 11) is 0. The predicted molar refractivity (Wildman–Crippen MR) is 103 cm³/mol. The van der Waals surface area contributed by atoms with Crippen molar-refractivity contribution in [3.63, 3.8) is 0 Å². The minimum atomic E-state index is -0.299. The second-order valence-electron chi connectivity index (χ2n) is 7.68. The number of pyridine rings is 1. The van der Waals surface area contributed by atoms with Crippen LogP contribution < -0.4 is 5.32 Å². The van der Waals surface area contributed by atoms with Crippen molar-refractivity contribution in [1.82, 2.24) is 25.2 Å². The van der Waals surface area contributed by atoms with Crippen molar-refractivity contribution in [1.29, 1.82) is 5.26 Å². The first-order chi connectivity index (χ1) is 12.9. The number of nitrogens with one attached hydrogen (secondary N) is 2. The average molecular weight is 366 g/mol. The first-order valence-electron chi connectivity index (χ1n) is 9.29. The Bertz CT molecular complexity index is 836. The van der Waals surface area contributed by atoms with Gasteiger partial charge in [-0.05, 0) is 45.7 Å². The van der Waals surface area contributed by atoms with Gasteiger partial charge >= 0.3 is 0 Å². The van der Waals surface area contributed by atoms with Crippen LogP contribution in [-0.4, -0.2) is 50.4 Å². The van der Waals surface area contributed by atoms with Crippen LogP contribution in [0, 0.1) is 18.3 Å². The van der Waals surface area contributed by atoms with Gasteiger partial charge in [-0.3, -0.25) is 9.78 Å². The molecule has 1 unspecified atom stereocenters. The lowest BCUT2D eigenvalue weighted by Crippen LogP contribution is -2.48. The summed E-state index contributed by atoms with van der Waals surface area (Å²) in [5.41, 5.74) is 2.69. The molecule has 1 aliphatic heterocycles. The number of aromatic amines is 1. The van der Waals surface area contributed by atoms with Gasteiger partial charge in [0.05, 0.1) is 18.3 Å². The molecule has 1 amide bonds. The number of hydrogen-bond acceptors (Lipinski definition) is 5. The highest BCUT2D eigenvalue weighted by Gasteiger charge is 2.30. The fourth-order valence-corrected chi connectivity index (χ4v) is 3.41. The van der Waals surface area contributed by atoms with Crippen LogP contribution in [0.2, 0.25) is 0 Å². The summed E-state index contributed by atoms with van der Waals surface area (Å²) in [4.78, 5) is 26.2. The Hall–Kier alpha value is -2.72. The van der Waals surface area contributed by atoms with Crippen molar-refractivity contribution in [2.45, 2.75) is 51.6 Å². The third-order valence-corrected chi connectivity index (χ3v) is 4.99. The van der Waals surface area contributed by atoms with Crippen LogP contribution in [0.4, 0.5) is 0 Å². The van der Waals surface area contributed by atoms with Crippen LogP contribution in [0.5, 0.6) is 0 Å². The number of aromatic nitrogens is 3. The van der Waals surface area contributed by atoms with E-state index in [-0.39, 0.29) is 24.0 Å². The summed E-state index contributed by atoms with van der Waals surface area (Å²) >= 11 is 0. The van der Waals surface area contributed by atoms with Crippen molar-refractivity contribution in [2.24, 2.45) is 0 Å². The molecule has 27 heavy (non-hydrogen) atoms. The van der Waals surface area contributed by atoms with E-state index < -0.39 is 0 Å². The van der Waals surface area contributed by atoms with Crippen LogP contribution in [0.1, 0.15) is 38.1 Å². The number of carbonyl (C=O) groups is 1. The molecule has 7 heteroatoms. The van der Waals surface area contributed by atoms with Gasteiger partial charge in [-0.15, -0.1) is 0 Å². The summed E-state index contributed by atoms with van der Waals surface area (Å²) in [5.74, 6) is 0.814.